The number of epoxide rings is 1. The normalized spacial score (nSPS) is 25.7. The van der Waals surface area contributed by atoms with E-state index in [1.807, 2.05) is 62.4 Å². The van der Waals surface area contributed by atoms with Crippen LogP contribution in [0, 0.1) is 12.8 Å². The highest BCUT2D eigenvalue weighted by Crippen LogP contribution is 2.49. The number of nitrogens with zero attached hydrogens (tertiary/aromatic N) is 2. The van der Waals surface area contributed by atoms with Crippen molar-refractivity contribution in [2.24, 2.45) is 5.92 Å². The van der Waals surface area contributed by atoms with Crippen LogP contribution in [0.4, 0.5) is 4.79 Å². The molecule has 6 rings (SSSR count). The molecule has 44 heavy (non-hydrogen) atoms. The Hall–Kier alpha value is -4.22. The number of benzene rings is 2. The number of hydrogen-bond donors (Lipinski definition) is 1. The number of alkyl carbamates (subject to hydrolysis) is 1. The van der Waals surface area contributed by atoms with Gasteiger partial charge in [0.1, 0.15) is 18.8 Å². The van der Waals surface area contributed by atoms with E-state index in [9.17, 15) is 19.2 Å². The molecule has 2 aliphatic heterocycles. The molecular weight excluding hydrogens is 582 g/mol. The van der Waals surface area contributed by atoms with Gasteiger partial charge in [0.2, 0.25) is 0 Å². The maximum Gasteiger partial charge on any atom is 0.407 e. The van der Waals surface area contributed by atoms with Crippen LogP contribution >= 0.6 is 11.5 Å². The van der Waals surface area contributed by atoms with Crippen molar-refractivity contribution in [3.8, 4) is 5.69 Å². The molecule has 0 spiro atoms. The SMILES string of the molecule is C=C1C(=O)O[C@H]2[C@H]1CC/C(COC(=O)NCc1ccc(Cn3c(=O)sn(-c4ccc(C)cc4)c3=O)cc1)=C\CC[C@@]1(C)O[C@@H]21. The summed E-state index contributed by atoms with van der Waals surface area (Å²) >= 11 is 0.876. The number of carbonyl (C=O) groups is 2. The number of aryl methyl sites for hydroxylation is 1. The lowest BCUT2D eigenvalue weighted by Gasteiger charge is -2.20. The fraction of sp³-hybridized carbons (Fsp3) is 0.394. The van der Waals surface area contributed by atoms with Gasteiger partial charge in [-0.15, -0.1) is 0 Å². The first-order valence-corrected chi connectivity index (χ1v) is 15.5. The number of aromatic nitrogens is 2. The molecule has 1 aliphatic carbocycles. The smallest absolute Gasteiger partial charge is 0.407 e. The maximum absolute atomic E-state index is 12.9. The molecule has 0 saturated carbocycles. The minimum absolute atomic E-state index is 0.0969. The van der Waals surface area contributed by atoms with E-state index in [0.29, 0.717) is 24.1 Å². The number of nitrogens with one attached hydrogen (secondary N) is 1. The second-order valence-corrected chi connectivity index (χ2v) is 12.8. The van der Waals surface area contributed by atoms with Crippen LogP contribution in [-0.4, -0.2) is 45.0 Å². The van der Waals surface area contributed by atoms with Crippen molar-refractivity contribution in [3.05, 3.63) is 109 Å². The lowest BCUT2D eigenvalue weighted by atomic mass is 9.84. The Morgan fingerprint density at radius 1 is 1.11 bits per heavy atom. The monoisotopic (exact) mass is 617 g/mol. The largest absolute Gasteiger partial charge is 0.455 e. The topological polar surface area (TPSA) is 121 Å². The minimum Gasteiger partial charge on any atom is -0.455 e. The van der Waals surface area contributed by atoms with Gasteiger partial charge >= 0.3 is 22.6 Å². The van der Waals surface area contributed by atoms with E-state index >= 15 is 0 Å². The summed E-state index contributed by atoms with van der Waals surface area (Å²) in [4.78, 5) is 49.8. The van der Waals surface area contributed by atoms with Crippen molar-refractivity contribution in [3.63, 3.8) is 0 Å². The van der Waals surface area contributed by atoms with Crippen LogP contribution in [0.5, 0.6) is 0 Å². The fourth-order valence-electron chi connectivity index (χ4n) is 5.91. The van der Waals surface area contributed by atoms with E-state index in [-0.39, 0.29) is 60.0 Å². The zero-order valence-corrected chi connectivity index (χ0v) is 25.6. The molecule has 11 heteroatoms. The Kier molecular flexibility index (Phi) is 8.17. The Balaban J connectivity index is 1.01. The highest BCUT2D eigenvalue weighted by molar-refractivity contribution is 7.03. The van der Waals surface area contributed by atoms with Gasteiger partial charge in [-0.2, -0.15) is 0 Å². The summed E-state index contributed by atoms with van der Waals surface area (Å²) in [5.74, 6) is -0.465. The van der Waals surface area contributed by atoms with Gasteiger partial charge in [-0.05, 0) is 68.4 Å². The van der Waals surface area contributed by atoms with E-state index in [1.54, 1.807) is 0 Å². The Morgan fingerprint density at radius 2 is 1.84 bits per heavy atom. The molecule has 230 valence electrons. The molecule has 3 heterocycles. The molecule has 10 nitrogen and oxygen atoms in total. The Bertz CT molecular complexity index is 1730. The molecule has 0 bridgehead atoms. The third kappa shape index (κ3) is 6.20. The molecule has 3 aliphatic rings. The molecule has 0 radical (unpaired) electrons. The van der Waals surface area contributed by atoms with Crippen LogP contribution in [0.25, 0.3) is 5.69 Å². The van der Waals surface area contributed by atoms with Crippen molar-refractivity contribution in [2.45, 2.75) is 70.4 Å². The minimum atomic E-state index is -0.534. The molecule has 1 N–H and O–H groups in total. The van der Waals surface area contributed by atoms with Crippen molar-refractivity contribution in [2.75, 3.05) is 6.61 Å². The average molecular weight is 618 g/mol. The van der Waals surface area contributed by atoms with Crippen LogP contribution in [0.1, 0.15) is 49.3 Å². The van der Waals surface area contributed by atoms with E-state index in [1.165, 1.54) is 8.52 Å². The summed E-state index contributed by atoms with van der Waals surface area (Å²) in [5.41, 5.74) is 4.15. The fourth-order valence-corrected chi connectivity index (χ4v) is 6.71. The third-order valence-corrected chi connectivity index (χ3v) is 9.62. The first kappa shape index (κ1) is 29.8. The molecule has 2 saturated heterocycles. The summed E-state index contributed by atoms with van der Waals surface area (Å²) in [6, 6.07) is 14.8. The maximum atomic E-state index is 12.9. The van der Waals surface area contributed by atoms with Crippen LogP contribution in [0.15, 0.2) is 81.9 Å². The van der Waals surface area contributed by atoms with Crippen LogP contribution < -0.4 is 15.9 Å². The predicted molar refractivity (Wildman–Crippen MR) is 165 cm³/mol. The molecule has 1 aromatic heterocycles. The van der Waals surface area contributed by atoms with E-state index in [0.717, 1.165) is 46.6 Å². The Labute approximate surface area is 258 Å². The van der Waals surface area contributed by atoms with Crippen LogP contribution in [-0.2, 0) is 32.1 Å². The van der Waals surface area contributed by atoms with Crippen LogP contribution in [0.2, 0.25) is 0 Å². The van der Waals surface area contributed by atoms with Crippen molar-refractivity contribution >= 4 is 23.6 Å². The number of hydrogen-bond acceptors (Lipinski definition) is 8. The Morgan fingerprint density at radius 3 is 2.59 bits per heavy atom. The number of carbonyl (C=O) groups excluding carboxylic acids is 2. The molecule has 2 fully saturated rings. The number of rotatable bonds is 7. The van der Waals surface area contributed by atoms with Gasteiger partial charge in [-0.25, -0.2) is 22.9 Å². The first-order valence-electron chi connectivity index (χ1n) is 14.8. The number of fused-ring (bicyclic) bond motifs is 3. The summed E-state index contributed by atoms with van der Waals surface area (Å²) in [5, 5.41) is 2.78. The number of ether oxygens (including phenoxy) is 3. The molecular formula is C33H35N3O7S. The zero-order valence-electron chi connectivity index (χ0n) is 24.7. The average Bonchev–Trinajstić information content (AvgIpc) is 3.50. The molecule has 3 aromatic rings. The second-order valence-electron chi connectivity index (χ2n) is 11.9. The molecule has 1 amide bonds. The van der Waals surface area contributed by atoms with Gasteiger partial charge in [-0.3, -0.25) is 4.79 Å². The molecule has 0 unspecified atom stereocenters. The van der Waals surface area contributed by atoms with Gasteiger partial charge in [0, 0.05) is 29.6 Å². The van der Waals surface area contributed by atoms with Crippen molar-refractivity contribution in [1.29, 1.82) is 0 Å². The van der Waals surface area contributed by atoms with E-state index in [2.05, 4.69) is 18.0 Å². The number of amides is 1. The molecule has 2 aromatic carbocycles. The second kappa shape index (κ2) is 12.0. The summed E-state index contributed by atoms with van der Waals surface area (Å²) < 4.78 is 19.7. The number of allylic oxidation sites excluding steroid dienone is 1. The zero-order chi connectivity index (χ0) is 31.0. The summed E-state index contributed by atoms with van der Waals surface area (Å²) in [6.07, 6.45) is 4.07. The standard InChI is InChI=1S/C33H35N3O7S/c1-20-6-13-25(14-7-20)36-31(39)35(32(40)44-36)18-23-10-8-22(9-11-23)17-34-30(38)41-19-24-5-4-16-33(3)28(43-33)27-26(15-12-24)21(2)29(37)42-27/h5-11,13-14,26-28H,2,4,12,15-19H2,1,3H3,(H,34,38)/b24-5+/t26-,27-,28-,33+/m0/s1. The quantitative estimate of drug-likeness (QED) is 0.181. The van der Waals surface area contributed by atoms with E-state index in [4.69, 9.17) is 14.2 Å². The summed E-state index contributed by atoms with van der Waals surface area (Å²) in [6.45, 7) is 8.52. The van der Waals surface area contributed by atoms with Crippen molar-refractivity contribution in [1.82, 2.24) is 13.8 Å². The van der Waals surface area contributed by atoms with Gasteiger partial charge in [0.25, 0.3) is 0 Å². The van der Waals surface area contributed by atoms with Gasteiger partial charge in [-0.1, -0.05) is 54.6 Å². The lowest BCUT2D eigenvalue weighted by molar-refractivity contribution is -0.140. The summed E-state index contributed by atoms with van der Waals surface area (Å²) in [7, 11) is 0. The van der Waals surface area contributed by atoms with Gasteiger partial charge < -0.3 is 19.5 Å². The van der Waals surface area contributed by atoms with Crippen molar-refractivity contribution < 1.29 is 23.8 Å². The van der Waals surface area contributed by atoms with Gasteiger partial charge in [0.05, 0.1) is 17.8 Å². The van der Waals surface area contributed by atoms with Gasteiger partial charge in [0.15, 0.2) is 0 Å². The highest BCUT2D eigenvalue weighted by Gasteiger charge is 2.61. The van der Waals surface area contributed by atoms with E-state index < -0.39 is 6.09 Å². The predicted octanol–water partition coefficient (Wildman–Crippen LogP) is 4.40. The van der Waals surface area contributed by atoms with Crippen LogP contribution in [0.3, 0.4) is 0 Å². The number of esters is 1. The lowest BCUT2D eigenvalue weighted by Crippen LogP contribution is -2.29. The highest BCUT2D eigenvalue weighted by atomic mass is 32.1. The first-order chi connectivity index (χ1) is 21.1. The third-order valence-electron chi connectivity index (χ3n) is 8.69. The molecule has 4 atom stereocenters.